The maximum atomic E-state index is 12.4. The Morgan fingerprint density at radius 2 is 1.75 bits per heavy atom. The van der Waals surface area contributed by atoms with Gasteiger partial charge in [-0.05, 0) is 50.9 Å². The van der Waals surface area contributed by atoms with Crippen molar-refractivity contribution in [2.45, 2.75) is 60.1 Å². The molecular formula is C19H27NO4. The lowest BCUT2D eigenvalue weighted by Gasteiger charge is -2.09. The first-order chi connectivity index (χ1) is 11.2. The molecule has 1 heterocycles. The van der Waals surface area contributed by atoms with Gasteiger partial charge in [0.2, 0.25) is 0 Å². The number of hydrogen-bond acceptors (Lipinski definition) is 4. The molecule has 0 saturated heterocycles. The molecule has 5 heteroatoms. The van der Waals surface area contributed by atoms with Gasteiger partial charge in [-0.25, -0.2) is 4.57 Å². The predicted octanol–water partition coefficient (Wildman–Crippen LogP) is 3.52. The van der Waals surface area contributed by atoms with Crippen LogP contribution in [0.15, 0.2) is 11.6 Å². The Bertz CT molecular complexity index is 665. The van der Waals surface area contributed by atoms with Crippen LogP contribution >= 0.6 is 0 Å². The van der Waals surface area contributed by atoms with Crippen LogP contribution in [0.3, 0.4) is 0 Å². The molecule has 2 atom stereocenters. The van der Waals surface area contributed by atoms with E-state index in [-0.39, 0.29) is 41.7 Å². The van der Waals surface area contributed by atoms with Crippen molar-refractivity contribution in [3.8, 4) is 11.8 Å². The molecule has 1 aromatic rings. The minimum absolute atomic E-state index is 0.0332. The second kappa shape index (κ2) is 5.87. The lowest BCUT2D eigenvalue weighted by molar-refractivity contribution is -0.150. The van der Waals surface area contributed by atoms with E-state index in [4.69, 9.17) is 4.74 Å². The van der Waals surface area contributed by atoms with Crippen LogP contribution in [0.4, 0.5) is 0 Å². The number of aromatic hydroxyl groups is 2. The van der Waals surface area contributed by atoms with Crippen molar-refractivity contribution in [3.63, 3.8) is 0 Å². The molecule has 2 aliphatic carbocycles. The summed E-state index contributed by atoms with van der Waals surface area (Å²) in [6, 6.07) is 0. The molecule has 0 amide bonds. The summed E-state index contributed by atoms with van der Waals surface area (Å²) in [6.07, 6.45) is 5.64. The number of aromatic nitrogens is 1. The number of ether oxygens (including phenoxy) is 1. The van der Waals surface area contributed by atoms with Crippen molar-refractivity contribution in [1.82, 2.24) is 4.57 Å². The van der Waals surface area contributed by atoms with E-state index in [9.17, 15) is 15.0 Å². The SMILES string of the molecule is CC(C)=C[C@H]1[C@@H](C(=O)OCn2c(O)c3c(c2O)CCCC3)C1(C)C. The van der Waals surface area contributed by atoms with Gasteiger partial charge in [-0.2, -0.15) is 0 Å². The van der Waals surface area contributed by atoms with E-state index in [0.29, 0.717) is 0 Å². The van der Waals surface area contributed by atoms with E-state index in [1.165, 1.54) is 10.1 Å². The highest BCUT2D eigenvalue weighted by atomic mass is 16.5. The standard InChI is InChI=1S/C19H27NO4/c1-11(2)9-14-15(19(14,3)4)18(23)24-10-20-16(21)12-7-5-6-8-13(12)17(20)22/h9,14-15,21-22H,5-8,10H2,1-4H3/t14-,15-/m0/s1. The number of allylic oxidation sites excluding steroid dienone is 2. The molecule has 0 radical (unpaired) electrons. The molecule has 24 heavy (non-hydrogen) atoms. The van der Waals surface area contributed by atoms with Gasteiger partial charge in [0, 0.05) is 11.1 Å². The second-order valence-corrected chi connectivity index (χ2v) is 7.90. The summed E-state index contributed by atoms with van der Waals surface area (Å²) in [4.78, 5) is 12.4. The maximum absolute atomic E-state index is 12.4. The number of carbonyl (C=O) groups is 1. The highest BCUT2D eigenvalue weighted by Gasteiger charge is 2.61. The molecule has 0 aliphatic heterocycles. The minimum atomic E-state index is -0.270. The average molecular weight is 333 g/mol. The number of carbonyl (C=O) groups excluding carboxylic acids is 1. The molecule has 1 saturated carbocycles. The molecule has 0 bridgehead atoms. The van der Waals surface area contributed by atoms with Crippen LogP contribution in [-0.4, -0.2) is 20.7 Å². The van der Waals surface area contributed by atoms with Crippen LogP contribution in [0.25, 0.3) is 0 Å². The minimum Gasteiger partial charge on any atom is -0.494 e. The van der Waals surface area contributed by atoms with Crippen molar-refractivity contribution >= 4 is 5.97 Å². The van der Waals surface area contributed by atoms with Crippen molar-refractivity contribution in [1.29, 1.82) is 0 Å². The van der Waals surface area contributed by atoms with Gasteiger partial charge in [-0.15, -0.1) is 0 Å². The molecule has 132 valence electrons. The van der Waals surface area contributed by atoms with E-state index in [0.717, 1.165) is 36.8 Å². The molecule has 3 rings (SSSR count). The van der Waals surface area contributed by atoms with Crippen LogP contribution in [0.5, 0.6) is 11.8 Å². The summed E-state index contributed by atoms with van der Waals surface area (Å²) >= 11 is 0. The molecule has 5 nitrogen and oxygen atoms in total. The fourth-order valence-electron chi connectivity index (χ4n) is 3.96. The summed E-state index contributed by atoms with van der Waals surface area (Å²) in [5.41, 5.74) is 2.68. The van der Waals surface area contributed by atoms with Gasteiger partial charge in [-0.3, -0.25) is 4.79 Å². The summed E-state index contributed by atoms with van der Waals surface area (Å²) in [5, 5.41) is 20.6. The first-order valence-electron chi connectivity index (χ1n) is 8.69. The van der Waals surface area contributed by atoms with Gasteiger partial charge in [0.05, 0.1) is 5.92 Å². The first-order valence-corrected chi connectivity index (χ1v) is 8.69. The summed E-state index contributed by atoms with van der Waals surface area (Å²) in [5.74, 6) is -0.179. The average Bonchev–Trinajstić information content (AvgIpc) is 2.96. The van der Waals surface area contributed by atoms with E-state index in [2.05, 4.69) is 19.9 Å². The Morgan fingerprint density at radius 3 is 2.25 bits per heavy atom. The van der Waals surface area contributed by atoms with Crippen LogP contribution in [-0.2, 0) is 29.1 Å². The van der Waals surface area contributed by atoms with Crippen molar-refractivity contribution in [2.75, 3.05) is 0 Å². The predicted molar refractivity (Wildman–Crippen MR) is 90.7 cm³/mol. The summed E-state index contributed by atoms with van der Waals surface area (Å²) in [7, 11) is 0. The topological polar surface area (TPSA) is 71.7 Å². The molecule has 2 aliphatic rings. The van der Waals surface area contributed by atoms with E-state index >= 15 is 0 Å². The molecule has 0 spiro atoms. The lowest BCUT2D eigenvalue weighted by atomic mass is 9.95. The van der Waals surface area contributed by atoms with Crippen LogP contribution in [0.1, 0.15) is 51.7 Å². The highest BCUT2D eigenvalue weighted by molar-refractivity contribution is 5.78. The van der Waals surface area contributed by atoms with Crippen LogP contribution in [0, 0.1) is 17.3 Å². The highest BCUT2D eigenvalue weighted by Crippen LogP contribution is 2.59. The second-order valence-electron chi connectivity index (χ2n) is 7.90. The van der Waals surface area contributed by atoms with Crippen molar-refractivity contribution in [2.24, 2.45) is 17.3 Å². The van der Waals surface area contributed by atoms with Gasteiger partial charge in [-0.1, -0.05) is 25.5 Å². The fraction of sp³-hybridized carbons (Fsp3) is 0.632. The van der Waals surface area contributed by atoms with Gasteiger partial charge < -0.3 is 14.9 Å². The number of fused-ring (bicyclic) bond motifs is 1. The number of nitrogens with zero attached hydrogens (tertiary/aromatic N) is 1. The number of hydrogen-bond donors (Lipinski definition) is 2. The number of rotatable bonds is 4. The normalized spacial score (nSPS) is 24.2. The lowest BCUT2D eigenvalue weighted by Crippen LogP contribution is -2.13. The monoisotopic (exact) mass is 333 g/mol. The van der Waals surface area contributed by atoms with Crippen molar-refractivity contribution < 1.29 is 19.7 Å². The molecular weight excluding hydrogens is 306 g/mol. The van der Waals surface area contributed by atoms with Crippen LogP contribution in [0.2, 0.25) is 0 Å². The molecule has 0 unspecified atom stereocenters. The van der Waals surface area contributed by atoms with E-state index < -0.39 is 0 Å². The third-order valence-corrected chi connectivity index (χ3v) is 5.53. The van der Waals surface area contributed by atoms with Gasteiger partial charge >= 0.3 is 5.97 Å². The van der Waals surface area contributed by atoms with Gasteiger partial charge in [0.15, 0.2) is 18.5 Å². The quantitative estimate of drug-likeness (QED) is 0.653. The van der Waals surface area contributed by atoms with Crippen molar-refractivity contribution in [3.05, 3.63) is 22.8 Å². The molecule has 1 aromatic heterocycles. The largest absolute Gasteiger partial charge is 0.494 e. The van der Waals surface area contributed by atoms with Gasteiger partial charge in [0.25, 0.3) is 0 Å². The Morgan fingerprint density at radius 1 is 1.21 bits per heavy atom. The zero-order chi connectivity index (χ0) is 17.6. The molecule has 0 aromatic carbocycles. The van der Waals surface area contributed by atoms with E-state index in [1.807, 2.05) is 13.8 Å². The number of esters is 1. The smallest absolute Gasteiger partial charge is 0.311 e. The summed E-state index contributed by atoms with van der Waals surface area (Å²) in [6.45, 7) is 8.03. The molecule has 2 N–H and O–H groups in total. The van der Waals surface area contributed by atoms with Crippen LogP contribution < -0.4 is 0 Å². The Hall–Kier alpha value is -1.91. The first kappa shape index (κ1) is 16.9. The van der Waals surface area contributed by atoms with Gasteiger partial charge in [0.1, 0.15) is 0 Å². The maximum Gasteiger partial charge on any atom is 0.311 e. The zero-order valence-electron chi connectivity index (χ0n) is 14.9. The van der Waals surface area contributed by atoms with E-state index in [1.54, 1.807) is 0 Å². The third-order valence-electron chi connectivity index (χ3n) is 5.53. The Balaban J connectivity index is 1.70. The Kier molecular flexibility index (Phi) is 4.14. The summed E-state index contributed by atoms with van der Waals surface area (Å²) < 4.78 is 6.72. The molecule has 1 fully saturated rings. The Labute approximate surface area is 142 Å². The zero-order valence-corrected chi connectivity index (χ0v) is 14.9. The fourth-order valence-corrected chi connectivity index (χ4v) is 3.96. The third kappa shape index (κ3) is 2.70.